The Morgan fingerprint density at radius 2 is 1.62 bits per heavy atom. The molecule has 0 aliphatic rings. The fraction of sp³-hybridized carbons (Fsp3) is 0. The molecular weight excluding hydrogens is 224 g/mol. The molecule has 0 aliphatic heterocycles. The van der Waals surface area contributed by atoms with E-state index in [4.69, 9.17) is 20.5 Å². The van der Waals surface area contributed by atoms with E-state index in [9.17, 15) is 10.1 Å². The lowest BCUT2D eigenvalue weighted by molar-refractivity contribution is -0.384. The second-order valence-electron chi connectivity index (χ2n) is 2.22. The van der Waals surface area contributed by atoms with Crippen LogP contribution in [0.25, 0.3) is 4.98 Å². The highest BCUT2D eigenvalue weighted by atomic mass is 19.0. The molecule has 8 nitrogen and oxygen atoms in total. The van der Waals surface area contributed by atoms with Crippen molar-refractivity contribution < 1.29 is 24.7 Å². The molecule has 0 saturated carbocycles. The van der Waals surface area contributed by atoms with Crippen LogP contribution >= 0.6 is 0 Å². The van der Waals surface area contributed by atoms with Crippen molar-refractivity contribution in [1.82, 2.24) is 0 Å². The molecule has 0 aliphatic carbocycles. The van der Waals surface area contributed by atoms with Crippen molar-refractivity contribution in [3.63, 3.8) is 0 Å². The van der Waals surface area contributed by atoms with Crippen LogP contribution in [0.3, 0.4) is 0 Å². The number of nitro benzene ring substituents is 1. The Hall–Kier alpha value is -2.09. The molecule has 86 valence electrons. The van der Waals surface area contributed by atoms with Crippen LogP contribution < -0.4 is 0 Å². The third kappa shape index (κ3) is 7.33. The largest absolute Gasteiger partial charge is 0.631 e. The van der Waals surface area contributed by atoms with Crippen LogP contribution in [0.5, 0.6) is 0 Å². The molecule has 0 unspecified atom stereocenters. The molecule has 3 N–H and O–H groups in total. The molecule has 0 atom stereocenters. The third-order valence-corrected chi connectivity index (χ3v) is 1.18. The summed E-state index contributed by atoms with van der Waals surface area (Å²) < 4.78 is 0. The number of benzene rings is 1. The lowest BCUT2D eigenvalue weighted by Crippen LogP contribution is -2.07. The predicted octanol–water partition coefficient (Wildman–Crippen LogP) is 0.180. The number of rotatable bonds is 1. The monoisotopic (exact) mass is 232 g/mol. The molecule has 0 spiro atoms. The summed E-state index contributed by atoms with van der Waals surface area (Å²) in [5.74, 6) is 0. The second kappa shape index (κ2) is 8.24. The smallest absolute Gasteiger partial charge is 0.402 e. The van der Waals surface area contributed by atoms with Gasteiger partial charge in [0, 0.05) is 24.3 Å². The Morgan fingerprint density at radius 1 is 1.25 bits per heavy atom. The maximum Gasteiger partial charge on any atom is 0.631 e. The van der Waals surface area contributed by atoms with Gasteiger partial charge in [0.15, 0.2) is 4.98 Å². The summed E-state index contributed by atoms with van der Waals surface area (Å²) in [4.78, 5) is 12.4. The second-order valence-corrected chi connectivity index (χ2v) is 2.22. The maximum atomic E-state index is 10.1. The van der Waals surface area contributed by atoms with Gasteiger partial charge in [-0.25, -0.2) is 0 Å². The predicted molar refractivity (Wildman–Crippen MR) is 52.8 cm³/mol. The third-order valence-electron chi connectivity index (χ3n) is 1.18. The molecule has 1 rings (SSSR count). The highest BCUT2D eigenvalue weighted by Crippen LogP contribution is 2.16. The number of hydrogen-bond donors (Lipinski definition) is 3. The first-order valence-electron chi connectivity index (χ1n) is 3.61. The Bertz CT molecular complexity index is 363. The zero-order valence-electron chi connectivity index (χ0n) is 7.79. The number of diazo groups is 1. The highest BCUT2D eigenvalue weighted by molar-refractivity contribution is 6.30. The van der Waals surface area contributed by atoms with Gasteiger partial charge in [0.05, 0.1) is 4.92 Å². The lowest BCUT2D eigenvalue weighted by atomic mass is 10.3. The van der Waals surface area contributed by atoms with Crippen molar-refractivity contribution in [3.8, 4) is 0 Å². The van der Waals surface area contributed by atoms with Gasteiger partial charge < -0.3 is 15.1 Å². The molecule has 0 saturated heterocycles. The van der Waals surface area contributed by atoms with E-state index in [-0.39, 0.29) is 10.4 Å². The van der Waals surface area contributed by atoms with Crippen molar-refractivity contribution in [3.05, 3.63) is 39.4 Å². The zero-order valence-corrected chi connectivity index (χ0v) is 7.79. The van der Waals surface area contributed by atoms with Crippen molar-refractivity contribution in [2.45, 2.75) is 0 Å². The van der Waals surface area contributed by atoms with Crippen LogP contribution in [-0.2, 0) is 0 Å². The highest BCUT2D eigenvalue weighted by Gasteiger charge is 2.08. The summed E-state index contributed by atoms with van der Waals surface area (Å²) in [6, 6.07) is 5.26. The van der Waals surface area contributed by atoms with E-state index in [1.165, 1.54) is 24.3 Å². The number of hydrogen-bond acceptors (Lipinski definition) is 6. The topological polar surface area (TPSA) is 132 Å². The first-order chi connectivity index (χ1) is 6.97. The van der Waals surface area contributed by atoms with Crippen molar-refractivity contribution in [2.75, 3.05) is 0 Å². The van der Waals surface area contributed by atoms with Crippen molar-refractivity contribution in [1.29, 1.82) is 5.39 Å². The maximum absolute atomic E-state index is 10.1. The Balaban J connectivity index is 0. The molecule has 0 aromatic heterocycles. The molecule has 0 amide bonds. The fourth-order valence-electron chi connectivity index (χ4n) is 0.641. The summed E-state index contributed by atoms with van der Waals surface area (Å²) in [6.45, 7) is 0. The summed E-state index contributed by atoms with van der Waals surface area (Å²) in [5, 5.41) is 39.8. The zero-order chi connectivity index (χ0) is 11.8. The number of nitrogens with zero attached hydrogens (tertiary/aromatic N) is 3. The summed E-state index contributed by atoms with van der Waals surface area (Å²) in [7, 11) is -2.17. The molecular formula is C6H8BFN3O5+. The van der Waals surface area contributed by atoms with Gasteiger partial charge >= 0.3 is 13.0 Å². The average Bonchev–Trinajstić information content (AvgIpc) is 2.17. The van der Waals surface area contributed by atoms with E-state index in [1.54, 1.807) is 0 Å². The molecule has 16 heavy (non-hydrogen) atoms. The van der Waals surface area contributed by atoms with E-state index >= 15 is 0 Å². The summed E-state index contributed by atoms with van der Waals surface area (Å²) >= 11 is 0. The van der Waals surface area contributed by atoms with Gasteiger partial charge in [-0.3, -0.25) is 14.8 Å². The standard InChI is InChI=1S/C6H4N3O2.BH3O3.FH/c7-8-5-1-3-6(4-2-5)9(10)11;2-1(3)4;/h1-4H;2-4H;1H/q+1;;. The molecule has 0 heterocycles. The van der Waals surface area contributed by atoms with Gasteiger partial charge in [-0.1, -0.05) is 0 Å². The van der Waals surface area contributed by atoms with E-state index in [0.717, 1.165) is 0 Å². The Morgan fingerprint density at radius 3 is 1.88 bits per heavy atom. The SMILES string of the molecule is F.N#[N+]c1ccc([N+](=O)[O-])cc1.OB(O)O. The molecule has 0 radical (unpaired) electrons. The van der Waals surface area contributed by atoms with Crippen molar-refractivity contribution >= 4 is 18.7 Å². The summed E-state index contributed by atoms with van der Waals surface area (Å²) in [5.41, 5.74) is 0.285. The van der Waals surface area contributed by atoms with E-state index < -0.39 is 12.2 Å². The van der Waals surface area contributed by atoms with Gasteiger partial charge in [0.25, 0.3) is 5.69 Å². The van der Waals surface area contributed by atoms with Crippen LogP contribution in [0.1, 0.15) is 0 Å². The fourth-order valence-corrected chi connectivity index (χ4v) is 0.641. The minimum absolute atomic E-state index is 0. The van der Waals surface area contributed by atoms with Crippen LogP contribution in [0.4, 0.5) is 16.1 Å². The van der Waals surface area contributed by atoms with Gasteiger partial charge in [0.1, 0.15) is 0 Å². The Kier molecular flexibility index (Phi) is 8.42. The van der Waals surface area contributed by atoms with Crippen molar-refractivity contribution in [2.24, 2.45) is 0 Å². The van der Waals surface area contributed by atoms with E-state index in [0.29, 0.717) is 5.69 Å². The van der Waals surface area contributed by atoms with Gasteiger partial charge in [-0.05, 0) is 0 Å². The van der Waals surface area contributed by atoms with Crippen LogP contribution in [0.15, 0.2) is 24.3 Å². The van der Waals surface area contributed by atoms with Gasteiger partial charge in [0.2, 0.25) is 5.39 Å². The molecule has 1 aromatic rings. The Labute approximate surface area is 89.1 Å². The number of non-ortho nitro benzene ring substituents is 1. The normalized spacial score (nSPS) is 7.62. The van der Waals surface area contributed by atoms with E-state index in [1.807, 2.05) is 0 Å². The van der Waals surface area contributed by atoms with Crippen LogP contribution in [0.2, 0.25) is 0 Å². The van der Waals surface area contributed by atoms with Crippen LogP contribution in [0, 0.1) is 15.5 Å². The molecule has 0 fully saturated rings. The molecule has 1 aromatic carbocycles. The molecule has 10 heteroatoms. The number of halogens is 1. The first kappa shape index (κ1) is 16.3. The lowest BCUT2D eigenvalue weighted by Gasteiger charge is -1.84. The van der Waals surface area contributed by atoms with Gasteiger partial charge in [-0.15, -0.1) is 0 Å². The average molecular weight is 232 g/mol. The minimum atomic E-state index is -2.17. The van der Waals surface area contributed by atoms with Gasteiger partial charge in [-0.2, -0.15) is 0 Å². The van der Waals surface area contributed by atoms with Crippen LogP contribution in [-0.4, -0.2) is 27.3 Å². The summed E-state index contributed by atoms with van der Waals surface area (Å²) in [6.07, 6.45) is 0. The molecule has 0 bridgehead atoms. The number of nitro groups is 1. The quantitative estimate of drug-likeness (QED) is 0.273. The first-order valence-corrected chi connectivity index (χ1v) is 3.61. The van der Waals surface area contributed by atoms with E-state index in [2.05, 4.69) is 4.98 Å². The minimum Gasteiger partial charge on any atom is -0.402 e.